The van der Waals surface area contributed by atoms with Crippen LogP contribution in [-0.2, 0) is 5.41 Å². The second kappa shape index (κ2) is 13.5. The van der Waals surface area contributed by atoms with Crippen molar-refractivity contribution in [1.82, 2.24) is 19.4 Å². The molecule has 0 fully saturated rings. The monoisotopic (exact) mass is 876 g/mol. The molecule has 0 atom stereocenters. The average molecular weight is 877 g/mol. The van der Waals surface area contributed by atoms with E-state index >= 15 is 0 Å². The lowest BCUT2D eigenvalue weighted by Gasteiger charge is -2.30. The van der Waals surface area contributed by atoms with Crippen molar-refractivity contribution in [3.63, 3.8) is 0 Å². The fourth-order valence-corrected chi connectivity index (χ4v) is 12.5. The van der Waals surface area contributed by atoms with Crippen molar-refractivity contribution in [2.45, 2.75) is 5.41 Å². The van der Waals surface area contributed by atoms with Gasteiger partial charge in [0.2, 0.25) is 0 Å². The Hall–Kier alpha value is -9.19. The van der Waals surface area contributed by atoms with Crippen molar-refractivity contribution < 1.29 is 4.42 Å². The SMILES string of the molecule is c1ccc(-c2nc(-c3ccc4c(c3)C3(c5ccccc5-c5ccccc53)c3ccccc3-4)nc(-c3ccccc3-c3ccc4c5cccc6oc7ccc8c9ccccc9n(c4c3)c8c7c65)n2)cc1. The van der Waals surface area contributed by atoms with Gasteiger partial charge >= 0.3 is 0 Å². The van der Waals surface area contributed by atoms with Crippen molar-refractivity contribution >= 4 is 60.0 Å². The van der Waals surface area contributed by atoms with Crippen molar-refractivity contribution in [1.29, 1.82) is 0 Å². The molecule has 5 nitrogen and oxygen atoms in total. The van der Waals surface area contributed by atoms with Crippen LogP contribution >= 0.6 is 0 Å². The summed E-state index contributed by atoms with van der Waals surface area (Å²) < 4.78 is 9.00. The fraction of sp³-hybridized carbons (Fsp3) is 0.0156. The van der Waals surface area contributed by atoms with E-state index in [1.807, 2.05) is 18.2 Å². The Morgan fingerprint density at radius 1 is 0.319 bits per heavy atom. The maximum Gasteiger partial charge on any atom is 0.164 e. The highest BCUT2D eigenvalue weighted by Crippen LogP contribution is 2.63. The molecule has 0 N–H and O–H groups in total. The Balaban J connectivity index is 0.934. The van der Waals surface area contributed by atoms with Gasteiger partial charge in [-0.15, -0.1) is 0 Å². The fourth-order valence-electron chi connectivity index (χ4n) is 12.5. The number of nitrogens with zero attached hydrogens (tertiary/aromatic N) is 4. The van der Waals surface area contributed by atoms with E-state index in [9.17, 15) is 0 Å². The molecule has 4 heterocycles. The van der Waals surface area contributed by atoms with Gasteiger partial charge in [0.25, 0.3) is 0 Å². The quantitative estimate of drug-likeness (QED) is 0.177. The van der Waals surface area contributed by atoms with E-state index in [2.05, 4.69) is 205 Å². The third-order valence-electron chi connectivity index (χ3n) is 15.2. The third-order valence-corrected chi connectivity index (χ3v) is 15.2. The summed E-state index contributed by atoms with van der Waals surface area (Å²) in [6, 6.07) is 78.9. The van der Waals surface area contributed by atoms with E-state index in [-0.39, 0.29) is 0 Å². The first-order chi connectivity index (χ1) is 34.2. The van der Waals surface area contributed by atoms with Gasteiger partial charge in [0.05, 0.1) is 27.4 Å². The molecule has 318 valence electrons. The lowest BCUT2D eigenvalue weighted by Crippen LogP contribution is -2.25. The normalized spacial score (nSPS) is 13.3. The number of fused-ring (bicyclic) bond motifs is 16. The largest absolute Gasteiger partial charge is 0.456 e. The van der Waals surface area contributed by atoms with Crippen LogP contribution in [-0.4, -0.2) is 19.4 Å². The van der Waals surface area contributed by atoms with Gasteiger partial charge in [0.15, 0.2) is 17.5 Å². The molecule has 69 heavy (non-hydrogen) atoms. The smallest absolute Gasteiger partial charge is 0.164 e. The lowest BCUT2D eigenvalue weighted by molar-refractivity contribution is 0.669. The van der Waals surface area contributed by atoms with E-state index < -0.39 is 5.41 Å². The Morgan fingerprint density at radius 2 is 0.870 bits per heavy atom. The number of para-hydroxylation sites is 1. The second-order valence-corrected chi connectivity index (χ2v) is 18.6. The number of hydrogen-bond acceptors (Lipinski definition) is 4. The van der Waals surface area contributed by atoms with Crippen LogP contribution in [0.25, 0.3) is 128 Å². The zero-order valence-electron chi connectivity index (χ0n) is 37.0. The molecular formula is C64H36N4O. The van der Waals surface area contributed by atoms with E-state index in [1.54, 1.807) is 0 Å². The molecule has 0 saturated carbocycles. The zero-order valence-corrected chi connectivity index (χ0v) is 37.0. The molecule has 0 radical (unpaired) electrons. The first-order valence-corrected chi connectivity index (χ1v) is 23.6. The molecule has 0 unspecified atom stereocenters. The highest BCUT2D eigenvalue weighted by atomic mass is 16.3. The number of aromatic nitrogens is 4. The summed E-state index contributed by atoms with van der Waals surface area (Å²) in [5.41, 5.74) is 19.9. The Kier molecular flexibility index (Phi) is 7.21. The van der Waals surface area contributed by atoms with Crippen LogP contribution in [0.4, 0.5) is 0 Å². The minimum absolute atomic E-state index is 0.488. The van der Waals surface area contributed by atoms with Crippen molar-refractivity contribution in [2.24, 2.45) is 0 Å². The Morgan fingerprint density at radius 3 is 1.62 bits per heavy atom. The lowest BCUT2D eigenvalue weighted by atomic mass is 9.70. The summed E-state index contributed by atoms with van der Waals surface area (Å²) in [7, 11) is 0. The molecule has 0 bridgehead atoms. The van der Waals surface area contributed by atoms with Crippen LogP contribution < -0.4 is 0 Å². The summed E-state index contributed by atoms with van der Waals surface area (Å²) in [5, 5.41) is 7.06. The van der Waals surface area contributed by atoms with Gasteiger partial charge in [-0.25, -0.2) is 15.0 Å². The first kappa shape index (κ1) is 37.0. The van der Waals surface area contributed by atoms with E-state index in [1.165, 1.54) is 66.2 Å². The van der Waals surface area contributed by atoms with E-state index in [4.69, 9.17) is 19.4 Å². The molecule has 0 saturated heterocycles. The summed E-state index contributed by atoms with van der Waals surface area (Å²) in [4.78, 5) is 16.1. The van der Waals surface area contributed by atoms with Gasteiger partial charge in [0.1, 0.15) is 11.2 Å². The summed E-state index contributed by atoms with van der Waals surface area (Å²) in [6.07, 6.45) is 0. The topological polar surface area (TPSA) is 56.2 Å². The minimum Gasteiger partial charge on any atom is -0.456 e. The number of furan rings is 1. The van der Waals surface area contributed by atoms with Crippen LogP contribution in [0.3, 0.4) is 0 Å². The molecule has 0 aliphatic heterocycles. The molecule has 1 spiro atoms. The zero-order chi connectivity index (χ0) is 45.0. The maximum atomic E-state index is 6.54. The summed E-state index contributed by atoms with van der Waals surface area (Å²) >= 11 is 0. The van der Waals surface area contributed by atoms with Crippen molar-refractivity contribution in [3.8, 4) is 67.5 Å². The second-order valence-electron chi connectivity index (χ2n) is 18.6. The van der Waals surface area contributed by atoms with E-state index in [0.717, 1.165) is 66.2 Å². The van der Waals surface area contributed by atoms with Crippen LogP contribution in [0.2, 0.25) is 0 Å². The molecule has 4 aromatic heterocycles. The van der Waals surface area contributed by atoms with Gasteiger partial charge in [-0.1, -0.05) is 182 Å². The summed E-state index contributed by atoms with van der Waals surface area (Å²) in [6.45, 7) is 0. The van der Waals surface area contributed by atoms with Crippen LogP contribution in [0.15, 0.2) is 223 Å². The number of benzene rings is 10. The standard InChI is InChI=1S/C64H36N4O/c1-2-15-37(16-3-1)61-65-62(39-30-31-44-43-20-8-12-26-52(43)64(53(44)35-39)50-24-10-6-18-41(50)42-19-7-11-25-51(42)64)67-63(66-61)49-22-5-4-17-40(49)38-29-32-46-47-23-14-28-56-58(47)59-57(69-56)34-33-48-45-21-9-13-27-54(45)68(60(48)59)55(46)36-38/h1-36H. The van der Waals surface area contributed by atoms with Crippen LogP contribution in [0, 0.1) is 0 Å². The predicted molar refractivity (Wildman–Crippen MR) is 280 cm³/mol. The molecule has 16 rings (SSSR count). The number of hydrogen-bond donors (Lipinski definition) is 0. The van der Waals surface area contributed by atoms with Crippen molar-refractivity contribution in [3.05, 3.63) is 241 Å². The molecule has 14 aromatic rings. The Bertz CT molecular complexity index is 4440. The third kappa shape index (κ3) is 4.80. The van der Waals surface area contributed by atoms with Crippen molar-refractivity contribution in [2.75, 3.05) is 0 Å². The highest BCUT2D eigenvalue weighted by molar-refractivity contribution is 6.31. The van der Waals surface area contributed by atoms with Gasteiger partial charge in [-0.3, -0.25) is 0 Å². The number of rotatable bonds is 4. The molecule has 10 aromatic carbocycles. The average Bonchev–Trinajstić information content (AvgIpc) is 4.12. The molecule has 5 heteroatoms. The predicted octanol–water partition coefficient (Wildman–Crippen LogP) is 15.9. The molecule has 0 amide bonds. The molecular weight excluding hydrogens is 841 g/mol. The van der Waals surface area contributed by atoms with Crippen LogP contribution in [0.1, 0.15) is 22.3 Å². The van der Waals surface area contributed by atoms with Gasteiger partial charge in [-0.2, -0.15) is 0 Å². The van der Waals surface area contributed by atoms with Gasteiger partial charge < -0.3 is 8.82 Å². The molecule has 2 aliphatic rings. The first-order valence-electron chi connectivity index (χ1n) is 23.6. The van der Waals surface area contributed by atoms with Gasteiger partial charge in [0, 0.05) is 38.2 Å². The van der Waals surface area contributed by atoms with Gasteiger partial charge in [-0.05, 0) is 97.4 Å². The van der Waals surface area contributed by atoms with Crippen LogP contribution in [0.5, 0.6) is 0 Å². The minimum atomic E-state index is -0.488. The summed E-state index contributed by atoms with van der Waals surface area (Å²) in [5.74, 6) is 1.87. The van der Waals surface area contributed by atoms with E-state index in [0.29, 0.717) is 17.5 Å². The maximum absolute atomic E-state index is 6.54. The highest BCUT2D eigenvalue weighted by Gasteiger charge is 2.51. The Labute approximate surface area is 395 Å². The molecule has 2 aliphatic carbocycles.